The van der Waals surface area contributed by atoms with E-state index in [1.165, 1.54) is 0 Å². The Morgan fingerprint density at radius 1 is 1.00 bits per heavy atom. The molecule has 78 valence electrons. The van der Waals surface area contributed by atoms with Crippen molar-refractivity contribution in [2.45, 2.75) is 19.3 Å². The first-order valence-corrected chi connectivity index (χ1v) is 4.02. The molecule has 0 saturated carbocycles. The molecule has 0 atom stereocenters. The Morgan fingerprint density at radius 3 is 1.87 bits per heavy atom. The van der Waals surface area contributed by atoms with Gasteiger partial charge in [-0.25, -0.2) is 0 Å². The van der Waals surface area contributed by atoms with Crippen LogP contribution in [0.3, 0.4) is 0 Å². The Kier molecular flexibility index (Phi) is 18.2. The van der Waals surface area contributed by atoms with Gasteiger partial charge in [-0.3, -0.25) is 9.59 Å². The van der Waals surface area contributed by atoms with Crippen LogP contribution >= 0.6 is 12.2 Å². The van der Waals surface area contributed by atoms with E-state index in [1.54, 1.807) is 0 Å². The Balaban J connectivity index is -0.000000720. The second kappa shape index (κ2) is 12.9. The molecule has 0 rings (SSSR count). The monoisotopic (exact) mass is 254 g/mol. The van der Waals surface area contributed by atoms with Crippen molar-refractivity contribution in [3.8, 4) is 0 Å². The molecule has 0 heterocycles. The SMILES string of the molecule is O=C(O)CCOC(=S)CCC(=O)O.[NaH].[NaH]. The van der Waals surface area contributed by atoms with Gasteiger partial charge >= 0.3 is 71.1 Å². The summed E-state index contributed by atoms with van der Waals surface area (Å²) in [6, 6.07) is 0. The Hall–Kier alpha value is 0.830. The third kappa shape index (κ3) is 17.4. The molecule has 8 heteroatoms. The fraction of sp³-hybridized carbons (Fsp3) is 0.571. The number of hydrogen-bond acceptors (Lipinski definition) is 4. The zero-order valence-corrected chi connectivity index (χ0v) is 7.67. The predicted molar refractivity (Wildman–Crippen MR) is 62.0 cm³/mol. The van der Waals surface area contributed by atoms with Crippen molar-refractivity contribution in [3.05, 3.63) is 0 Å². The number of rotatable bonds is 6. The first-order chi connectivity index (χ1) is 6.02. The topological polar surface area (TPSA) is 83.8 Å². The van der Waals surface area contributed by atoms with Gasteiger partial charge in [0.1, 0.15) is 0 Å². The standard InChI is InChI=1S/C7H10O5S.2Na.2H/c8-5(9)1-2-7(13)12-4-3-6(10)11;;;;/h1-4H2,(H,8,9)(H,10,11);;;;. The van der Waals surface area contributed by atoms with Crippen LogP contribution in [0.2, 0.25) is 0 Å². The minimum atomic E-state index is -0.971. The minimum absolute atomic E-state index is 0. The molecule has 0 aliphatic heterocycles. The van der Waals surface area contributed by atoms with Crippen LogP contribution in [0.4, 0.5) is 0 Å². The van der Waals surface area contributed by atoms with E-state index in [1.807, 2.05) is 0 Å². The first kappa shape index (κ1) is 21.1. The van der Waals surface area contributed by atoms with Crippen molar-refractivity contribution in [2.24, 2.45) is 0 Å². The van der Waals surface area contributed by atoms with E-state index in [0.717, 1.165) is 0 Å². The van der Waals surface area contributed by atoms with Gasteiger partial charge in [0.25, 0.3) is 0 Å². The van der Waals surface area contributed by atoms with E-state index in [2.05, 4.69) is 12.2 Å². The molecule has 0 aliphatic carbocycles. The summed E-state index contributed by atoms with van der Waals surface area (Å²) in [4.78, 5) is 20.1. The van der Waals surface area contributed by atoms with Crippen molar-refractivity contribution < 1.29 is 24.5 Å². The average molecular weight is 254 g/mol. The summed E-state index contributed by atoms with van der Waals surface area (Å²) in [7, 11) is 0. The van der Waals surface area contributed by atoms with Crippen LogP contribution in [-0.2, 0) is 14.3 Å². The van der Waals surface area contributed by atoms with Crippen LogP contribution < -0.4 is 0 Å². The summed E-state index contributed by atoms with van der Waals surface area (Å²) < 4.78 is 4.79. The fourth-order valence-electron chi connectivity index (χ4n) is 0.533. The average Bonchev–Trinajstić information content (AvgIpc) is 2.00. The number of carboxylic acid groups (broad SMARTS) is 2. The molecule has 0 unspecified atom stereocenters. The Labute approximate surface area is 137 Å². The van der Waals surface area contributed by atoms with Gasteiger partial charge < -0.3 is 14.9 Å². The molecule has 2 N–H and O–H groups in total. The van der Waals surface area contributed by atoms with Gasteiger partial charge in [-0.2, -0.15) is 0 Å². The molecule has 0 bridgehead atoms. The second-order valence-electron chi connectivity index (χ2n) is 2.26. The van der Waals surface area contributed by atoms with Gasteiger partial charge in [-0.05, 0) is 12.2 Å². The van der Waals surface area contributed by atoms with E-state index < -0.39 is 11.9 Å². The normalized spacial score (nSPS) is 8.00. The summed E-state index contributed by atoms with van der Waals surface area (Å²) in [6.07, 6.45) is -0.0800. The van der Waals surface area contributed by atoms with Crippen molar-refractivity contribution in [3.63, 3.8) is 0 Å². The number of ether oxygens (including phenoxy) is 1. The van der Waals surface area contributed by atoms with Crippen molar-refractivity contribution in [1.29, 1.82) is 0 Å². The maximum absolute atomic E-state index is 10.1. The van der Waals surface area contributed by atoms with Crippen LogP contribution in [0.5, 0.6) is 0 Å². The molecule has 0 amide bonds. The Bertz CT molecular complexity index is 221. The van der Waals surface area contributed by atoms with Gasteiger partial charge in [0.2, 0.25) is 0 Å². The number of aliphatic carboxylic acids is 2. The van der Waals surface area contributed by atoms with Crippen LogP contribution in [-0.4, -0.2) is 92.9 Å². The predicted octanol–water partition coefficient (Wildman–Crippen LogP) is -0.627. The first-order valence-electron chi connectivity index (χ1n) is 3.61. The molecule has 0 aliphatic rings. The van der Waals surface area contributed by atoms with Crippen LogP contribution in [0, 0.1) is 0 Å². The molecule has 0 aromatic heterocycles. The van der Waals surface area contributed by atoms with Crippen molar-refractivity contribution in [2.75, 3.05) is 6.61 Å². The molecule has 0 radical (unpaired) electrons. The molecular formula is C7H12Na2O5S. The van der Waals surface area contributed by atoms with E-state index in [-0.39, 0.29) is 90.0 Å². The zero-order chi connectivity index (χ0) is 10.3. The van der Waals surface area contributed by atoms with Gasteiger partial charge in [0.15, 0.2) is 5.05 Å². The molecule has 0 aromatic carbocycles. The quantitative estimate of drug-likeness (QED) is 0.485. The van der Waals surface area contributed by atoms with Gasteiger partial charge in [-0.15, -0.1) is 0 Å². The molecule has 5 nitrogen and oxygen atoms in total. The number of thiocarbonyl (C=S) groups is 1. The third-order valence-corrected chi connectivity index (χ3v) is 1.44. The summed E-state index contributed by atoms with van der Waals surface area (Å²) in [5.41, 5.74) is 0. The van der Waals surface area contributed by atoms with Crippen molar-refractivity contribution >= 4 is 88.3 Å². The fourth-order valence-corrected chi connectivity index (χ4v) is 0.719. The van der Waals surface area contributed by atoms with Crippen molar-refractivity contribution in [1.82, 2.24) is 0 Å². The molecule has 15 heavy (non-hydrogen) atoms. The van der Waals surface area contributed by atoms with E-state index in [0.29, 0.717) is 0 Å². The van der Waals surface area contributed by atoms with Crippen LogP contribution in [0.25, 0.3) is 0 Å². The summed E-state index contributed by atoms with van der Waals surface area (Å²) in [5.74, 6) is -1.93. The number of carbonyl (C=O) groups is 2. The van der Waals surface area contributed by atoms with E-state index in [9.17, 15) is 9.59 Å². The molecule has 0 fully saturated rings. The molecule has 0 saturated heterocycles. The summed E-state index contributed by atoms with van der Waals surface area (Å²) >= 11 is 4.65. The van der Waals surface area contributed by atoms with Crippen LogP contribution in [0.1, 0.15) is 19.3 Å². The van der Waals surface area contributed by atoms with Crippen LogP contribution in [0.15, 0.2) is 0 Å². The number of hydrogen-bond donors (Lipinski definition) is 2. The molecular weight excluding hydrogens is 242 g/mol. The van der Waals surface area contributed by atoms with Gasteiger partial charge in [0.05, 0.1) is 19.4 Å². The third-order valence-electron chi connectivity index (χ3n) is 1.12. The van der Waals surface area contributed by atoms with E-state index >= 15 is 0 Å². The second-order valence-corrected chi connectivity index (χ2v) is 2.71. The van der Waals surface area contributed by atoms with Gasteiger partial charge in [0, 0.05) is 6.42 Å². The Morgan fingerprint density at radius 2 is 1.47 bits per heavy atom. The van der Waals surface area contributed by atoms with E-state index in [4.69, 9.17) is 14.9 Å². The maximum atomic E-state index is 10.1. The number of carboxylic acids is 2. The summed E-state index contributed by atoms with van der Waals surface area (Å²) in [5, 5.41) is 16.6. The zero-order valence-electron chi connectivity index (χ0n) is 6.86. The van der Waals surface area contributed by atoms with Gasteiger partial charge in [-0.1, -0.05) is 0 Å². The molecule has 0 spiro atoms. The summed E-state index contributed by atoms with van der Waals surface area (Å²) in [6.45, 7) is -0.00616. The molecule has 0 aromatic rings.